The molecule has 1 saturated carbocycles. The highest BCUT2D eigenvalue weighted by Gasteiger charge is 2.45. The second-order valence-electron chi connectivity index (χ2n) is 8.48. The lowest BCUT2D eigenvalue weighted by molar-refractivity contribution is -0.132. The molecule has 7 heteroatoms. The number of fused-ring (bicyclic) bond motifs is 1. The lowest BCUT2D eigenvalue weighted by Gasteiger charge is -2.27. The number of carbonyl (C=O) groups is 4. The minimum Gasteiger partial charge on any atom is -0.455 e. The van der Waals surface area contributed by atoms with E-state index in [2.05, 4.69) is 5.32 Å². The molecule has 1 N–H and O–H groups in total. The van der Waals surface area contributed by atoms with Gasteiger partial charge in [0.05, 0.1) is 35.0 Å². The van der Waals surface area contributed by atoms with Gasteiger partial charge in [0.15, 0.2) is 11.5 Å². The molecule has 1 fully saturated rings. The van der Waals surface area contributed by atoms with Crippen molar-refractivity contribution >= 4 is 34.8 Å². The zero-order valence-corrected chi connectivity index (χ0v) is 18.5. The van der Waals surface area contributed by atoms with Gasteiger partial charge in [0, 0.05) is 6.42 Å². The van der Waals surface area contributed by atoms with E-state index in [1.165, 1.54) is 0 Å². The van der Waals surface area contributed by atoms with E-state index in [4.69, 9.17) is 4.74 Å². The van der Waals surface area contributed by atoms with Gasteiger partial charge in [-0.2, -0.15) is 0 Å². The van der Waals surface area contributed by atoms with Gasteiger partial charge in [-0.25, -0.2) is 0 Å². The fraction of sp³-hybridized carbons (Fsp3) is 0.185. The van der Waals surface area contributed by atoms with E-state index in [0.29, 0.717) is 22.9 Å². The molecule has 34 heavy (non-hydrogen) atoms. The summed E-state index contributed by atoms with van der Waals surface area (Å²) in [6.07, 6.45) is 0.101. The van der Waals surface area contributed by atoms with Gasteiger partial charge in [0.1, 0.15) is 11.5 Å². The number of hydrogen-bond acceptors (Lipinski definition) is 6. The van der Waals surface area contributed by atoms with Crippen LogP contribution in [0.15, 0.2) is 66.7 Å². The minimum absolute atomic E-state index is 0.162. The van der Waals surface area contributed by atoms with Crippen LogP contribution in [0.4, 0.5) is 11.4 Å². The Bertz CT molecular complexity index is 1330. The van der Waals surface area contributed by atoms with Crippen molar-refractivity contribution in [1.29, 1.82) is 0 Å². The van der Waals surface area contributed by atoms with Crippen LogP contribution in [-0.2, 0) is 9.59 Å². The maximum atomic E-state index is 13.4. The largest absolute Gasteiger partial charge is 0.455 e. The minimum atomic E-state index is -0.908. The van der Waals surface area contributed by atoms with Crippen molar-refractivity contribution in [3.8, 4) is 11.5 Å². The number of nitrogens with one attached hydrogen (secondary N) is 1. The Morgan fingerprint density at radius 3 is 2.44 bits per heavy atom. The van der Waals surface area contributed by atoms with Gasteiger partial charge in [0.2, 0.25) is 0 Å². The molecule has 3 aromatic carbocycles. The summed E-state index contributed by atoms with van der Waals surface area (Å²) in [6, 6.07) is 19.1. The highest BCUT2D eigenvalue weighted by Crippen LogP contribution is 2.37. The van der Waals surface area contributed by atoms with Gasteiger partial charge < -0.3 is 10.1 Å². The molecule has 0 saturated heterocycles. The summed E-state index contributed by atoms with van der Waals surface area (Å²) in [4.78, 5) is 51.6. The molecule has 0 aromatic heterocycles. The van der Waals surface area contributed by atoms with Crippen molar-refractivity contribution in [2.45, 2.75) is 32.2 Å². The Kier molecular flexibility index (Phi) is 5.45. The van der Waals surface area contributed by atoms with Crippen molar-refractivity contribution in [2.24, 2.45) is 0 Å². The Morgan fingerprint density at radius 1 is 0.882 bits per heavy atom. The van der Waals surface area contributed by atoms with Crippen molar-refractivity contribution in [1.82, 2.24) is 4.90 Å². The second-order valence-corrected chi connectivity index (χ2v) is 8.48. The Balaban J connectivity index is 1.48. The number of amides is 2. The maximum Gasteiger partial charge on any atom is 0.264 e. The average molecular weight is 454 g/mol. The van der Waals surface area contributed by atoms with Crippen LogP contribution in [0.25, 0.3) is 0 Å². The maximum absolute atomic E-state index is 13.4. The van der Waals surface area contributed by atoms with Gasteiger partial charge >= 0.3 is 0 Å². The molecule has 1 atom stereocenters. The molecule has 1 heterocycles. The summed E-state index contributed by atoms with van der Waals surface area (Å²) in [5, 5.41) is 3.25. The Morgan fingerprint density at radius 2 is 1.68 bits per heavy atom. The van der Waals surface area contributed by atoms with Crippen LogP contribution in [-0.4, -0.2) is 34.3 Å². The second kappa shape index (κ2) is 8.59. The molecule has 3 aromatic rings. The highest BCUT2D eigenvalue weighted by molar-refractivity contribution is 6.26. The monoisotopic (exact) mass is 454 g/mol. The van der Waals surface area contributed by atoms with Crippen molar-refractivity contribution < 1.29 is 23.9 Å². The number of imide groups is 1. The third kappa shape index (κ3) is 3.85. The summed E-state index contributed by atoms with van der Waals surface area (Å²) in [7, 11) is 0. The third-order valence-corrected chi connectivity index (χ3v) is 6.08. The van der Waals surface area contributed by atoms with Crippen LogP contribution in [0, 0.1) is 6.92 Å². The van der Waals surface area contributed by atoms with E-state index in [-0.39, 0.29) is 36.2 Å². The molecule has 7 nitrogen and oxygen atoms in total. The molecule has 2 aliphatic rings. The fourth-order valence-electron chi connectivity index (χ4n) is 4.40. The van der Waals surface area contributed by atoms with Crippen LogP contribution < -0.4 is 10.1 Å². The van der Waals surface area contributed by atoms with E-state index in [0.717, 1.165) is 10.5 Å². The van der Waals surface area contributed by atoms with Crippen LogP contribution in [0.2, 0.25) is 0 Å². The van der Waals surface area contributed by atoms with Crippen LogP contribution >= 0.6 is 0 Å². The van der Waals surface area contributed by atoms with Gasteiger partial charge in [0.25, 0.3) is 11.8 Å². The molecule has 1 aliphatic heterocycles. The SMILES string of the molecule is Cc1ccc(Nc2cccc3c2C(=O)N(C2CCC(=O)CC2=O)C3=O)c(Oc2ccccc2)c1. The van der Waals surface area contributed by atoms with Gasteiger partial charge in [-0.3, -0.25) is 24.1 Å². The normalized spacial score (nSPS) is 17.7. The summed E-state index contributed by atoms with van der Waals surface area (Å²) in [5.74, 6) is -0.368. The number of nitrogens with zero attached hydrogens (tertiary/aromatic N) is 1. The molecule has 2 amide bonds. The van der Waals surface area contributed by atoms with Crippen LogP contribution in [0.3, 0.4) is 0 Å². The summed E-state index contributed by atoms with van der Waals surface area (Å²) in [6.45, 7) is 1.95. The quantitative estimate of drug-likeness (QED) is 0.439. The molecular formula is C27H22N2O5. The zero-order chi connectivity index (χ0) is 23.8. The number of carbonyl (C=O) groups excluding carboxylic acids is 4. The number of ketones is 2. The van der Waals surface area contributed by atoms with Gasteiger partial charge in [-0.1, -0.05) is 30.3 Å². The number of hydrogen-bond donors (Lipinski definition) is 1. The first-order valence-electron chi connectivity index (χ1n) is 11.1. The third-order valence-electron chi connectivity index (χ3n) is 6.08. The standard InChI is InChI=1S/C27H22N2O5/c1-16-10-12-20(24(14-16)34-18-6-3-2-4-7-18)28-21-9-5-8-19-25(21)27(33)29(26(19)32)22-13-11-17(30)15-23(22)31/h2-10,12,14,22,28H,11,13,15H2,1H3. The molecule has 170 valence electrons. The zero-order valence-electron chi connectivity index (χ0n) is 18.5. The topological polar surface area (TPSA) is 92.8 Å². The first-order valence-corrected chi connectivity index (χ1v) is 11.1. The summed E-state index contributed by atoms with van der Waals surface area (Å²) >= 11 is 0. The number of anilines is 2. The number of Topliss-reactive ketones (excluding diaryl/α,β-unsaturated/α-hetero) is 2. The number of benzene rings is 3. The van der Waals surface area contributed by atoms with E-state index in [1.807, 2.05) is 55.5 Å². The smallest absolute Gasteiger partial charge is 0.264 e. The fourth-order valence-corrected chi connectivity index (χ4v) is 4.40. The Labute approximate surface area is 196 Å². The van der Waals surface area contributed by atoms with E-state index in [9.17, 15) is 19.2 Å². The van der Waals surface area contributed by atoms with Gasteiger partial charge in [-0.15, -0.1) is 0 Å². The predicted octanol–water partition coefficient (Wildman–Crippen LogP) is 4.82. The van der Waals surface area contributed by atoms with E-state index < -0.39 is 23.6 Å². The van der Waals surface area contributed by atoms with Gasteiger partial charge in [-0.05, 0) is 55.3 Å². The first kappa shape index (κ1) is 21.6. The van der Waals surface area contributed by atoms with Crippen LogP contribution in [0.1, 0.15) is 45.5 Å². The number of para-hydroxylation sites is 1. The summed E-state index contributed by atoms with van der Waals surface area (Å²) in [5.41, 5.74) is 2.51. The first-order chi connectivity index (χ1) is 16.4. The molecule has 0 spiro atoms. The number of rotatable bonds is 5. The lowest BCUT2D eigenvalue weighted by atomic mass is 9.92. The molecule has 1 unspecified atom stereocenters. The molecule has 1 aliphatic carbocycles. The van der Waals surface area contributed by atoms with E-state index >= 15 is 0 Å². The van der Waals surface area contributed by atoms with Crippen molar-refractivity contribution in [3.63, 3.8) is 0 Å². The van der Waals surface area contributed by atoms with Crippen molar-refractivity contribution in [3.05, 3.63) is 83.4 Å². The molecule has 0 radical (unpaired) electrons. The van der Waals surface area contributed by atoms with E-state index in [1.54, 1.807) is 18.2 Å². The molecule has 5 rings (SSSR count). The average Bonchev–Trinajstić information content (AvgIpc) is 3.07. The molecule has 0 bridgehead atoms. The predicted molar refractivity (Wildman–Crippen MR) is 126 cm³/mol. The van der Waals surface area contributed by atoms with Crippen molar-refractivity contribution in [2.75, 3.05) is 5.32 Å². The summed E-state index contributed by atoms with van der Waals surface area (Å²) < 4.78 is 6.07. The number of aryl methyl sites for hydroxylation is 1. The van der Waals surface area contributed by atoms with Crippen LogP contribution in [0.5, 0.6) is 11.5 Å². The highest BCUT2D eigenvalue weighted by atomic mass is 16.5. The number of ether oxygens (including phenoxy) is 1. The Hall–Kier alpha value is -4.26. The lowest BCUT2D eigenvalue weighted by Crippen LogP contribution is -2.47. The molecular weight excluding hydrogens is 432 g/mol.